The van der Waals surface area contributed by atoms with Crippen LogP contribution < -0.4 is 19.5 Å². The average molecular weight is 391 g/mol. The molecule has 0 aliphatic carbocycles. The maximum Gasteiger partial charge on any atom is 0.262 e. The molecule has 0 fully saturated rings. The molecule has 3 rings (SSSR count). The zero-order valence-corrected chi connectivity index (χ0v) is 17.1. The quantitative estimate of drug-likeness (QED) is 0.615. The molecule has 0 saturated carbocycles. The van der Waals surface area contributed by atoms with Crippen molar-refractivity contribution in [1.82, 2.24) is 0 Å². The normalized spacial score (nSPS) is 10.3. The van der Waals surface area contributed by atoms with Gasteiger partial charge in [-0.3, -0.25) is 4.79 Å². The van der Waals surface area contributed by atoms with Gasteiger partial charge in [0, 0.05) is 11.3 Å². The molecule has 0 heterocycles. The first-order valence-electron chi connectivity index (χ1n) is 9.32. The molecule has 0 aromatic heterocycles. The summed E-state index contributed by atoms with van der Waals surface area (Å²) in [6.07, 6.45) is 0. The first-order valence-corrected chi connectivity index (χ1v) is 9.32. The van der Waals surface area contributed by atoms with Crippen LogP contribution in [0.25, 0.3) is 11.1 Å². The molecule has 0 spiro atoms. The van der Waals surface area contributed by atoms with E-state index in [2.05, 4.69) is 5.32 Å². The summed E-state index contributed by atoms with van der Waals surface area (Å²) in [5.74, 6) is 1.95. The number of carbonyl (C=O) groups excluding carboxylic acids is 1. The third-order valence-electron chi connectivity index (χ3n) is 4.73. The standard InChI is InChI=1S/C24H25NO4/c1-16-5-9-21(13-17(16)2)29-15-24(26)25-19-8-12-23(28-4)22(14-19)18-6-10-20(27-3)11-7-18/h5-14H,15H2,1-4H3,(H,25,26). The Morgan fingerprint density at radius 2 is 1.55 bits per heavy atom. The van der Waals surface area contributed by atoms with E-state index in [1.165, 1.54) is 5.56 Å². The van der Waals surface area contributed by atoms with Gasteiger partial charge in [0.1, 0.15) is 17.2 Å². The van der Waals surface area contributed by atoms with E-state index in [-0.39, 0.29) is 12.5 Å². The molecule has 0 bridgehead atoms. The number of rotatable bonds is 7. The summed E-state index contributed by atoms with van der Waals surface area (Å²) < 4.78 is 16.3. The molecule has 3 aromatic rings. The van der Waals surface area contributed by atoms with Crippen molar-refractivity contribution in [3.63, 3.8) is 0 Å². The zero-order chi connectivity index (χ0) is 20.8. The summed E-state index contributed by atoms with van der Waals surface area (Å²) >= 11 is 0. The zero-order valence-electron chi connectivity index (χ0n) is 17.1. The van der Waals surface area contributed by atoms with E-state index >= 15 is 0 Å². The molecule has 1 amide bonds. The van der Waals surface area contributed by atoms with E-state index < -0.39 is 0 Å². The number of amides is 1. The lowest BCUT2D eigenvalue weighted by Crippen LogP contribution is -2.20. The lowest BCUT2D eigenvalue weighted by molar-refractivity contribution is -0.118. The molecule has 0 aliphatic heterocycles. The Kier molecular flexibility index (Phi) is 6.39. The van der Waals surface area contributed by atoms with Gasteiger partial charge < -0.3 is 19.5 Å². The molecule has 1 N–H and O–H groups in total. The van der Waals surface area contributed by atoms with Crippen LogP contribution in [0.2, 0.25) is 0 Å². The number of aryl methyl sites for hydroxylation is 2. The lowest BCUT2D eigenvalue weighted by Gasteiger charge is -2.13. The summed E-state index contributed by atoms with van der Waals surface area (Å²) in [6, 6.07) is 19.0. The second-order valence-corrected chi connectivity index (χ2v) is 6.73. The van der Waals surface area contributed by atoms with Crippen molar-refractivity contribution in [3.05, 3.63) is 71.8 Å². The van der Waals surface area contributed by atoms with E-state index in [0.29, 0.717) is 11.4 Å². The van der Waals surface area contributed by atoms with Gasteiger partial charge in [-0.15, -0.1) is 0 Å². The molecule has 5 heteroatoms. The molecule has 29 heavy (non-hydrogen) atoms. The van der Waals surface area contributed by atoms with Crippen molar-refractivity contribution in [1.29, 1.82) is 0 Å². The van der Waals surface area contributed by atoms with Crippen molar-refractivity contribution >= 4 is 11.6 Å². The molecule has 3 aromatic carbocycles. The third-order valence-corrected chi connectivity index (χ3v) is 4.73. The lowest BCUT2D eigenvalue weighted by atomic mass is 10.0. The van der Waals surface area contributed by atoms with E-state index in [9.17, 15) is 4.79 Å². The predicted octanol–water partition coefficient (Wildman–Crippen LogP) is 5.01. The molecule has 0 aliphatic rings. The molecule has 150 valence electrons. The Hall–Kier alpha value is -3.47. The third kappa shape index (κ3) is 5.08. The van der Waals surface area contributed by atoms with Gasteiger partial charge in [0.2, 0.25) is 0 Å². The molecular weight excluding hydrogens is 366 g/mol. The summed E-state index contributed by atoms with van der Waals surface area (Å²) in [6.45, 7) is 3.99. The highest BCUT2D eigenvalue weighted by Gasteiger charge is 2.10. The van der Waals surface area contributed by atoms with Gasteiger partial charge in [-0.2, -0.15) is 0 Å². The summed E-state index contributed by atoms with van der Waals surface area (Å²) in [7, 11) is 3.25. The molecule has 5 nitrogen and oxygen atoms in total. The van der Waals surface area contributed by atoms with Crippen LogP contribution in [0.5, 0.6) is 17.2 Å². The van der Waals surface area contributed by atoms with E-state index in [0.717, 1.165) is 28.2 Å². The SMILES string of the molecule is COc1ccc(-c2cc(NC(=O)COc3ccc(C)c(C)c3)ccc2OC)cc1. The van der Waals surface area contributed by atoms with Crippen LogP contribution in [-0.2, 0) is 4.79 Å². The van der Waals surface area contributed by atoms with Gasteiger partial charge in [-0.1, -0.05) is 18.2 Å². The van der Waals surface area contributed by atoms with Crippen LogP contribution in [0, 0.1) is 13.8 Å². The fraction of sp³-hybridized carbons (Fsp3) is 0.208. The minimum atomic E-state index is -0.228. The van der Waals surface area contributed by atoms with Crippen LogP contribution >= 0.6 is 0 Å². The van der Waals surface area contributed by atoms with Crippen molar-refractivity contribution < 1.29 is 19.0 Å². The first-order chi connectivity index (χ1) is 14.0. The predicted molar refractivity (Wildman–Crippen MR) is 115 cm³/mol. The van der Waals surface area contributed by atoms with Crippen LogP contribution in [0.3, 0.4) is 0 Å². The molecule has 0 atom stereocenters. The number of methoxy groups -OCH3 is 2. The minimum absolute atomic E-state index is 0.0631. The number of carbonyl (C=O) groups is 1. The number of hydrogen-bond acceptors (Lipinski definition) is 4. The summed E-state index contributed by atoms with van der Waals surface area (Å²) in [5.41, 5.74) is 4.83. The Morgan fingerprint density at radius 1 is 0.828 bits per heavy atom. The highest BCUT2D eigenvalue weighted by molar-refractivity contribution is 5.93. The fourth-order valence-electron chi connectivity index (χ4n) is 2.93. The highest BCUT2D eigenvalue weighted by atomic mass is 16.5. The van der Waals surface area contributed by atoms with Gasteiger partial charge in [0.25, 0.3) is 5.91 Å². The monoisotopic (exact) mass is 391 g/mol. The fourth-order valence-corrected chi connectivity index (χ4v) is 2.93. The molecule has 0 saturated heterocycles. The van der Waals surface area contributed by atoms with Crippen LogP contribution in [-0.4, -0.2) is 26.7 Å². The second-order valence-electron chi connectivity index (χ2n) is 6.73. The van der Waals surface area contributed by atoms with E-state index in [4.69, 9.17) is 14.2 Å². The number of hydrogen-bond donors (Lipinski definition) is 1. The van der Waals surface area contributed by atoms with Crippen molar-refractivity contribution in [2.45, 2.75) is 13.8 Å². The van der Waals surface area contributed by atoms with E-state index in [1.807, 2.05) is 68.4 Å². The van der Waals surface area contributed by atoms with E-state index in [1.54, 1.807) is 20.3 Å². The Morgan fingerprint density at radius 3 is 2.21 bits per heavy atom. The smallest absolute Gasteiger partial charge is 0.262 e. The van der Waals surface area contributed by atoms with Gasteiger partial charge in [-0.25, -0.2) is 0 Å². The number of anilines is 1. The minimum Gasteiger partial charge on any atom is -0.497 e. The molecular formula is C24H25NO4. The average Bonchev–Trinajstić information content (AvgIpc) is 2.74. The first kappa shape index (κ1) is 20.3. The topological polar surface area (TPSA) is 56.8 Å². The Bertz CT molecular complexity index is 996. The largest absolute Gasteiger partial charge is 0.497 e. The molecule has 0 radical (unpaired) electrons. The van der Waals surface area contributed by atoms with Gasteiger partial charge in [0.15, 0.2) is 6.61 Å². The maximum atomic E-state index is 12.3. The van der Waals surface area contributed by atoms with Crippen LogP contribution in [0.4, 0.5) is 5.69 Å². The van der Waals surface area contributed by atoms with Crippen molar-refractivity contribution in [3.8, 4) is 28.4 Å². The van der Waals surface area contributed by atoms with Gasteiger partial charge in [-0.05, 0) is 73.0 Å². The van der Waals surface area contributed by atoms with Crippen molar-refractivity contribution in [2.24, 2.45) is 0 Å². The Labute approximate surface area is 171 Å². The van der Waals surface area contributed by atoms with Crippen molar-refractivity contribution in [2.75, 3.05) is 26.1 Å². The molecule has 0 unspecified atom stereocenters. The maximum absolute atomic E-state index is 12.3. The number of nitrogens with one attached hydrogen (secondary N) is 1. The van der Waals surface area contributed by atoms with Gasteiger partial charge in [0.05, 0.1) is 14.2 Å². The van der Waals surface area contributed by atoms with Crippen LogP contribution in [0.1, 0.15) is 11.1 Å². The summed E-state index contributed by atoms with van der Waals surface area (Å²) in [4.78, 5) is 12.3. The number of benzene rings is 3. The summed E-state index contributed by atoms with van der Waals surface area (Å²) in [5, 5.41) is 2.88. The highest BCUT2D eigenvalue weighted by Crippen LogP contribution is 2.33. The van der Waals surface area contributed by atoms with Crippen LogP contribution in [0.15, 0.2) is 60.7 Å². The van der Waals surface area contributed by atoms with Gasteiger partial charge >= 0.3 is 0 Å². The number of ether oxygens (including phenoxy) is 3. The Balaban J connectivity index is 1.71. The second kappa shape index (κ2) is 9.15.